The van der Waals surface area contributed by atoms with Crippen molar-refractivity contribution in [3.63, 3.8) is 0 Å². The van der Waals surface area contributed by atoms with Gasteiger partial charge in [-0.2, -0.15) is 0 Å². The van der Waals surface area contributed by atoms with Crippen molar-refractivity contribution in [3.05, 3.63) is 89.6 Å². The van der Waals surface area contributed by atoms with Gasteiger partial charge in [0.1, 0.15) is 5.82 Å². The molecule has 2 aromatic carbocycles. The Bertz CT molecular complexity index is 1100. The molecule has 0 aliphatic rings. The lowest BCUT2D eigenvalue weighted by Gasteiger charge is -2.19. The Kier molecular flexibility index (Phi) is 4.73. The molecule has 0 spiro atoms. The maximum atomic E-state index is 14.6. The Morgan fingerprint density at radius 3 is 2.59 bits per heavy atom. The Balaban J connectivity index is 1.72. The summed E-state index contributed by atoms with van der Waals surface area (Å²) in [7, 11) is 0. The van der Waals surface area contributed by atoms with Crippen LogP contribution < -0.4 is 5.32 Å². The van der Waals surface area contributed by atoms with Crippen LogP contribution >= 0.6 is 11.6 Å². The molecule has 1 N–H and O–H groups in total. The molecule has 0 fully saturated rings. The lowest BCUT2D eigenvalue weighted by molar-refractivity contribution is 0.600. The largest absolute Gasteiger partial charge is 0.377 e. The molecule has 27 heavy (non-hydrogen) atoms. The van der Waals surface area contributed by atoms with E-state index in [9.17, 15) is 4.39 Å². The van der Waals surface area contributed by atoms with Gasteiger partial charge in [-0.1, -0.05) is 35.9 Å². The fourth-order valence-corrected chi connectivity index (χ4v) is 3.36. The maximum absolute atomic E-state index is 14.6. The number of nitrogens with one attached hydrogen (secondary N) is 1. The second kappa shape index (κ2) is 7.33. The highest BCUT2D eigenvalue weighted by Gasteiger charge is 2.15. The van der Waals surface area contributed by atoms with Gasteiger partial charge < -0.3 is 5.32 Å². The number of halogens is 2. The van der Waals surface area contributed by atoms with Crippen LogP contribution in [-0.4, -0.2) is 9.97 Å². The Morgan fingerprint density at radius 2 is 1.78 bits per heavy atom. The average molecular weight is 378 g/mol. The van der Waals surface area contributed by atoms with Crippen LogP contribution in [0.4, 0.5) is 10.1 Å². The summed E-state index contributed by atoms with van der Waals surface area (Å²) in [6, 6.07) is 16.4. The van der Waals surface area contributed by atoms with Gasteiger partial charge in [0.25, 0.3) is 0 Å². The van der Waals surface area contributed by atoms with E-state index in [4.69, 9.17) is 11.6 Å². The summed E-state index contributed by atoms with van der Waals surface area (Å²) in [4.78, 5) is 8.37. The number of rotatable bonds is 4. The van der Waals surface area contributed by atoms with Gasteiger partial charge in [0, 0.05) is 29.5 Å². The molecule has 0 saturated heterocycles. The van der Waals surface area contributed by atoms with Crippen LogP contribution in [0.5, 0.6) is 0 Å². The van der Waals surface area contributed by atoms with E-state index in [1.165, 1.54) is 6.07 Å². The van der Waals surface area contributed by atoms with Crippen LogP contribution in [0.3, 0.4) is 0 Å². The zero-order valence-corrected chi connectivity index (χ0v) is 15.4. The van der Waals surface area contributed by atoms with E-state index < -0.39 is 0 Å². The zero-order valence-electron chi connectivity index (χ0n) is 14.7. The van der Waals surface area contributed by atoms with Crippen molar-refractivity contribution >= 4 is 28.2 Å². The fraction of sp³-hybridized carbons (Fsp3) is 0.0909. The van der Waals surface area contributed by atoms with E-state index in [1.54, 1.807) is 24.7 Å². The number of hydrogen-bond acceptors (Lipinski definition) is 3. The van der Waals surface area contributed by atoms with Crippen molar-refractivity contribution < 1.29 is 4.39 Å². The second-order valence-corrected chi connectivity index (χ2v) is 6.74. The minimum atomic E-state index is -0.282. The average Bonchev–Trinajstić information content (AvgIpc) is 2.71. The van der Waals surface area contributed by atoms with Gasteiger partial charge in [-0.25, -0.2) is 4.39 Å². The number of nitrogens with zero attached hydrogens (tertiary/aromatic N) is 2. The van der Waals surface area contributed by atoms with Crippen molar-refractivity contribution in [2.24, 2.45) is 0 Å². The van der Waals surface area contributed by atoms with Crippen molar-refractivity contribution in [1.82, 2.24) is 9.97 Å². The summed E-state index contributed by atoms with van der Waals surface area (Å²) in [5.41, 5.74) is 4.09. The predicted octanol–water partition coefficient (Wildman–Crippen LogP) is 6.26. The summed E-state index contributed by atoms with van der Waals surface area (Å²) in [5, 5.41) is 4.78. The maximum Gasteiger partial charge on any atom is 0.128 e. The minimum absolute atomic E-state index is 0.262. The minimum Gasteiger partial charge on any atom is -0.377 e. The summed E-state index contributed by atoms with van der Waals surface area (Å²) in [6.45, 7) is 1.92. The van der Waals surface area contributed by atoms with Crippen LogP contribution in [0.1, 0.15) is 18.5 Å². The lowest BCUT2D eigenvalue weighted by Crippen LogP contribution is -2.10. The molecule has 2 heterocycles. The summed E-state index contributed by atoms with van der Waals surface area (Å²) >= 11 is 6.38. The van der Waals surface area contributed by atoms with Gasteiger partial charge in [-0.05, 0) is 48.4 Å². The highest BCUT2D eigenvalue weighted by Crippen LogP contribution is 2.34. The van der Waals surface area contributed by atoms with E-state index in [-0.39, 0.29) is 11.9 Å². The SMILES string of the molecule is C[C@@H](Nc1c(Cl)cnc2ccccc12)c1cc(-c2ccncc2)ccc1F. The van der Waals surface area contributed by atoms with Crippen molar-refractivity contribution in [1.29, 1.82) is 0 Å². The normalized spacial score (nSPS) is 12.1. The number of anilines is 1. The highest BCUT2D eigenvalue weighted by atomic mass is 35.5. The molecule has 0 saturated carbocycles. The number of para-hydroxylation sites is 1. The van der Waals surface area contributed by atoms with E-state index in [0.717, 1.165) is 27.7 Å². The number of pyridine rings is 2. The topological polar surface area (TPSA) is 37.8 Å². The van der Waals surface area contributed by atoms with Crippen molar-refractivity contribution in [3.8, 4) is 11.1 Å². The third kappa shape index (κ3) is 3.49. The molecule has 0 aliphatic heterocycles. The highest BCUT2D eigenvalue weighted by molar-refractivity contribution is 6.34. The van der Waals surface area contributed by atoms with Crippen LogP contribution in [0.2, 0.25) is 5.02 Å². The molecule has 0 unspecified atom stereocenters. The van der Waals surface area contributed by atoms with Gasteiger partial charge >= 0.3 is 0 Å². The molecule has 4 rings (SSSR count). The first-order valence-electron chi connectivity index (χ1n) is 8.63. The van der Waals surface area contributed by atoms with Crippen LogP contribution in [0, 0.1) is 5.82 Å². The van der Waals surface area contributed by atoms with Crippen LogP contribution in [-0.2, 0) is 0 Å². The van der Waals surface area contributed by atoms with Crippen LogP contribution in [0.15, 0.2) is 73.2 Å². The van der Waals surface area contributed by atoms with Crippen molar-refractivity contribution in [2.75, 3.05) is 5.32 Å². The predicted molar refractivity (Wildman–Crippen MR) is 108 cm³/mol. The monoisotopic (exact) mass is 377 g/mol. The summed E-state index contributed by atoms with van der Waals surface area (Å²) in [5.74, 6) is -0.262. The molecule has 0 aliphatic carbocycles. The third-order valence-electron chi connectivity index (χ3n) is 4.57. The second-order valence-electron chi connectivity index (χ2n) is 6.34. The standard InChI is InChI=1S/C22H17ClFN3/c1-14(27-22-17-4-2-3-5-21(17)26-13-19(22)23)18-12-16(6-7-20(18)24)15-8-10-25-11-9-15/h2-14H,1H3,(H,26,27)/t14-/m1/s1. The van der Waals surface area contributed by atoms with E-state index in [0.29, 0.717) is 10.6 Å². The number of benzene rings is 2. The van der Waals surface area contributed by atoms with E-state index in [2.05, 4.69) is 15.3 Å². The van der Waals surface area contributed by atoms with Gasteiger partial charge in [0.05, 0.1) is 22.3 Å². The Hall–Kier alpha value is -2.98. The third-order valence-corrected chi connectivity index (χ3v) is 4.85. The van der Waals surface area contributed by atoms with Crippen molar-refractivity contribution in [2.45, 2.75) is 13.0 Å². The lowest BCUT2D eigenvalue weighted by atomic mass is 10.00. The zero-order chi connectivity index (χ0) is 18.8. The smallest absolute Gasteiger partial charge is 0.128 e. The Morgan fingerprint density at radius 1 is 1.00 bits per heavy atom. The number of hydrogen-bond donors (Lipinski definition) is 1. The van der Waals surface area contributed by atoms with Crippen LogP contribution in [0.25, 0.3) is 22.0 Å². The molecule has 0 amide bonds. The molecule has 0 bridgehead atoms. The van der Waals surface area contributed by atoms with Gasteiger partial charge in [-0.15, -0.1) is 0 Å². The molecule has 4 aromatic rings. The molecule has 0 radical (unpaired) electrons. The van der Waals surface area contributed by atoms with E-state index >= 15 is 0 Å². The molecule has 134 valence electrons. The molecular weight excluding hydrogens is 361 g/mol. The molecule has 5 heteroatoms. The van der Waals surface area contributed by atoms with Gasteiger partial charge in [0.2, 0.25) is 0 Å². The fourth-order valence-electron chi connectivity index (χ4n) is 3.16. The molecular formula is C22H17ClFN3. The molecule has 2 aromatic heterocycles. The first kappa shape index (κ1) is 17.4. The first-order chi connectivity index (χ1) is 13.1. The Labute approximate surface area is 161 Å². The quantitative estimate of drug-likeness (QED) is 0.456. The number of fused-ring (bicyclic) bond motifs is 1. The number of aromatic nitrogens is 2. The molecule has 3 nitrogen and oxygen atoms in total. The van der Waals surface area contributed by atoms with Gasteiger partial charge in [0.15, 0.2) is 0 Å². The van der Waals surface area contributed by atoms with Gasteiger partial charge in [-0.3, -0.25) is 9.97 Å². The first-order valence-corrected chi connectivity index (χ1v) is 9.01. The summed E-state index contributed by atoms with van der Waals surface area (Å²) < 4.78 is 14.6. The molecule has 1 atom stereocenters. The summed E-state index contributed by atoms with van der Waals surface area (Å²) in [6.07, 6.45) is 5.06. The van der Waals surface area contributed by atoms with E-state index in [1.807, 2.05) is 49.4 Å².